The van der Waals surface area contributed by atoms with E-state index in [1.54, 1.807) is 0 Å². The number of hydrogen-bond acceptors (Lipinski definition) is 9. The van der Waals surface area contributed by atoms with E-state index in [0.717, 1.165) is 0 Å². The zero-order valence-corrected chi connectivity index (χ0v) is 16.7. The first-order valence-electron chi connectivity index (χ1n) is 4.92. The van der Waals surface area contributed by atoms with Gasteiger partial charge in [-0.3, -0.25) is 4.21 Å². The number of aliphatic hydroxyl groups is 4. The van der Waals surface area contributed by atoms with Crippen molar-refractivity contribution in [2.75, 3.05) is 52.9 Å². The molecule has 0 atom stereocenters. The van der Waals surface area contributed by atoms with Gasteiger partial charge in [0.1, 0.15) is 0 Å². The number of ether oxygens (including phenoxy) is 2. The molecule has 12 heteroatoms. The van der Waals surface area contributed by atoms with E-state index in [1.807, 2.05) is 0 Å². The van der Waals surface area contributed by atoms with E-state index in [4.69, 9.17) is 33.7 Å². The van der Waals surface area contributed by atoms with Crippen LogP contribution in [0.3, 0.4) is 0 Å². The molecule has 0 spiro atoms. The van der Waals surface area contributed by atoms with Gasteiger partial charge in [0.15, 0.2) is 0 Å². The summed E-state index contributed by atoms with van der Waals surface area (Å²) in [7, 11) is 0. The molecule has 0 aromatic carbocycles. The van der Waals surface area contributed by atoms with Crippen LogP contribution in [-0.4, -0.2) is 86.6 Å². The summed E-state index contributed by atoms with van der Waals surface area (Å²) >= 11 is -3.11. The molecule has 114 valence electrons. The van der Waals surface area contributed by atoms with Crippen LogP contribution in [0.1, 0.15) is 0 Å². The first kappa shape index (κ1) is 33.4. The van der Waals surface area contributed by atoms with Gasteiger partial charge in [-0.05, 0) is 0 Å². The van der Waals surface area contributed by atoms with Crippen molar-refractivity contribution in [2.24, 2.45) is 0 Å². The maximum Gasteiger partial charge on any atom is 1.00 e. The van der Waals surface area contributed by atoms with Crippen molar-refractivity contribution in [1.82, 2.24) is 0 Å². The fourth-order valence-electron chi connectivity index (χ4n) is 0.462. The minimum absolute atomic E-state index is 0. The van der Waals surface area contributed by atoms with Gasteiger partial charge in [0.05, 0.1) is 52.9 Å². The third-order valence-electron chi connectivity index (χ3n) is 0.942. The minimum Gasteiger partial charge on any atom is -0.784 e. The summed E-state index contributed by atoms with van der Waals surface area (Å²) in [5.41, 5.74) is 0. The van der Waals surface area contributed by atoms with Crippen LogP contribution >= 0.6 is 0 Å². The van der Waals surface area contributed by atoms with Crippen molar-refractivity contribution in [3.63, 3.8) is 0 Å². The molecule has 0 aliphatic rings. The first-order chi connectivity index (χ1) is 8.56. The molecule has 0 heterocycles. The van der Waals surface area contributed by atoms with E-state index >= 15 is 0 Å². The van der Waals surface area contributed by atoms with Crippen LogP contribution in [0.2, 0.25) is 0 Å². The summed E-state index contributed by atoms with van der Waals surface area (Å²) in [4.78, 5) is 0. The Labute approximate surface area is 165 Å². The Balaban J connectivity index is -0.0000000555. The quantitative estimate of drug-likeness (QED) is 0.191. The van der Waals surface area contributed by atoms with Gasteiger partial charge in [0.25, 0.3) is 0 Å². The van der Waals surface area contributed by atoms with Crippen LogP contribution in [0.15, 0.2) is 0 Å². The summed E-state index contributed by atoms with van der Waals surface area (Å²) < 4.78 is 34.6. The minimum atomic E-state index is -3.11. The van der Waals surface area contributed by atoms with Gasteiger partial charge in [-0.15, -0.1) is 11.4 Å². The largest absolute Gasteiger partial charge is 1.00 e. The van der Waals surface area contributed by atoms with E-state index in [-0.39, 0.29) is 85.5 Å². The molecule has 0 bridgehead atoms. The van der Waals surface area contributed by atoms with E-state index in [0.29, 0.717) is 26.4 Å². The van der Waals surface area contributed by atoms with Crippen LogP contribution in [0.5, 0.6) is 0 Å². The van der Waals surface area contributed by atoms with Crippen LogP contribution in [-0.2, 0) is 20.8 Å². The smallest absolute Gasteiger partial charge is 0.784 e. The normalized spacial score (nSPS) is 8.35. The van der Waals surface area contributed by atoms with Crippen molar-refractivity contribution in [1.29, 1.82) is 0 Å². The molecule has 0 saturated carbocycles. The van der Waals surface area contributed by atoms with Crippen molar-refractivity contribution in [2.45, 2.75) is 0 Å². The second-order valence-electron chi connectivity index (χ2n) is 2.32. The van der Waals surface area contributed by atoms with Gasteiger partial charge in [-0.1, -0.05) is 0 Å². The van der Waals surface area contributed by atoms with Gasteiger partial charge in [-0.25, -0.2) is 0 Å². The molecule has 0 saturated heterocycles. The third kappa shape index (κ3) is 72.8. The molecule has 9 nitrogen and oxygen atoms in total. The molecule has 0 aliphatic heterocycles. The Morgan fingerprint density at radius 1 is 0.700 bits per heavy atom. The van der Waals surface area contributed by atoms with Crippen LogP contribution in [0.4, 0.5) is 0 Å². The van der Waals surface area contributed by atoms with Gasteiger partial charge in [0, 0.05) is 0 Å². The summed E-state index contributed by atoms with van der Waals surface area (Å²) in [6, 6.07) is 0. The fourth-order valence-corrected chi connectivity index (χ4v) is 0.462. The van der Waals surface area contributed by atoms with Crippen LogP contribution in [0.25, 0.3) is 0 Å². The summed E-state index contributed by atoms with van der Waals surface area (Å²) in [6.07, 6.45) is 0. The standard InChI is InChI=1S/2C4H10O3.2Na.H2O3S/c2*5-1-3-7-4-2-6;;;1-4(2)3/h2*5-6H,1-4H2;;;(H2,1,2,3)/q;;2*+1;/p-2. The summed E-state index contributed by atoms with van der Waals surface area (Å²) in [5, 5.41) is 32.3. The molecule has 20 heavy (non-hydrogen) atoms. The predicted molar refractivity (Wildman–Crippen MR) is 59.7 cm³/mol. The Morgan fingerprint density at radius 2 is 0.850 bits per heavy atom. The Kier molecular flexibility index (Phi) is 62.3. The number of rotatable bonds is 8. The molecule has 0 unspecified atom stereocenters. The van der Waals surface area contributed by atoms with Crippen LogP contribution in [0, 0.1) is 0 Å². The Morgan fingerprint density at radius 3 is 0.950 bits per heavy atom. The molecule has 0 amide bonds. The van der Waals surface area contributed by atoms with Crippen molar-refractivity contribution < 1.29 is 102 Å². The second kappa shape index (κ2) is 37.2. The van der Waals surface area contributed by atoms with Crippen LogP contribution < -0.4 is 59.1 Å². The zero-order valence-electron chi connectivity index (χ0n) is 11.9. The monoisotopic (exact) mass is 338 g/mol. The van der Waals surface area contributed by atoms with E-state index in [9.17, 15) is 0 Å². The van der Waals surface area contributed by atoms with E-state index < -0.39 is 11.4 Å². The molecule has 0 aromatic rings. The average molecular weight is 338 g/mol. The van der Waals surface area contributed by atoms with E-state index in [1.165, 1.54) is 0 Å². The van der Waals surface area contributed by atoms with Crippen molar-refractivity contribution in [3.8, 4) is 0 Å². The number of hydrogen-bond donors (Lipinski definition) is 4. The molecule has 0 fully saturated rings. The SMILES string of the molecule is O=S([O-])[O-].OCCOCCO.OCCOCCO.[Na+].[Na+]. The first-order valence-corrected chi connectivity index (χ1v) is 5.92. The fraction of sp³-hybridized carbons (Fsp3) is 1.00. The average Bonchev–Trinajstić information content (AvgIpc) is 2.31. The maximum absolute atomic E-state index is 8.44. The van der Waals surface area contributed by atoms with E-state index in [2.05, 4.69) is 9.47 Å². The second-order valence-corrected chi connectivity index (χ2v) is 2.73. The molecular formula is C8H20Na2O9S. The topological polar surface area (TPSA) is 163 Å². The predicted octanol–water partition coefficient (Wildman–Crippen LogP) is -9.02. The molecule has 0 aliphatic carbocycles. The zero-order chi connectivity index (χ0) is 14.6. The van der Waals surface area contributed by atoms with Gasteiger partial charge < -0.3 is 39.0 Å². The van der Waals surface area contributed by atoms with Gasteiger partial charge in [-0.2, -0.15) is 0 Å². The van der Waals surface area contributed by atoms with Gasteiger partial charge >= 0.3 is 59.1 Å². The molecular weight excluding hydrogens is 318 g/mol. The Hall–Kier alpha value is 1.83. The van der Waals surface area contributed by atoms with Gasteiger partial charge in [0.2, 0.25) is 0 Å². The van der Waals surface area contributed by atoms with Crippen molar-refractivity contribution in [3.05, 3.63) is 0 Å². The summed E-state index contributed by atoms with van der Waals surface area (Å²) in [6.45, 7) is 1.39. The van der Waals surface area contributed by atoms with Crippen molar-refractivity contribution >= 4 is 11.4 Å². The molecule has 0 radical (unpaired) electrons. The summed E-state index contributed by atoms with van der Waals surface area (Å²) in [5.74, 6) is 0. The molecule has 0 aromatic heterocycles. The maximum atomic E-state index is 8.44. The number of aliphatic hydroxyl groups excluding tert-OH is 4. The third-order valence-corrected chi connectivity index (χ3v) is 0.942. The molecule has 4 N–H and O–H groups in total. The Bertz CT molecular complexity index is 134. The molecule has 0 rings (SSSR count).